The molecule has 2 amide bonds. The maximum Gasteiger partial charge on any atom is 0.326 e. The predicted octanol–water partition coefficient (Wildman–Crippen LogP) is 4.00. The number of carbonyl (C=O) groups excluding carboxylic acids is 1. The minimum Gasteiger partial charge on any atom is -0.341 e. The Morgan fingerprint density at radius 2 is 1.85 bits per heavy atom. The maximum absolute atomic E-state index is 13.9. The molecule has 5 rings (SSSR count). The molecule has 7 nitrogen and oxygen atoms in total. The number of nitrogens with zero attached hydrogens (tertiary/aromatic N) is 6. The van der Waals surface area contributed by atoms with Crippen LogP contribution in [0.15, 0.2) is 47.2 Å². The molecule has 3 fully saturated rings. The van der Waals surface area contributed by atoms with Gasteiger partial charge in [0.2, 0.25) is 0 Å². The van der Waals surface area contributed by atoms with E-state index in [1.807, 2.05) is 16.8 Å². The topological polar surface area (TPSA) is 66.2 Å². The molecule has 34 heavy (non-hydrogen) atoms. The lowest BCUT2D eigenvalue weighted by atomic mass is 9.68. The van der Waals surface area contributed by atoms with E-state index in [1.165, 1.54) is 24.8 Å². The Hall–Kier alpha value is -2.85. The number of hydrogen-bond acceptors (Lipinski definition) is 5. The lowest BCUT2D eigenvalue weighted by molar-refractivity contribution is 0.0160. The zero-order valence-electron chi connectivity index (χ0n) is 20.7. The van der Waals surface area contributed by atoms with Gasteiger partial charge in [-0.3, -0.25) is 14.8 Å². The zero-order chi connectivity index (χ0) is 23.9. The Morgan fingerprint density at radius 3 is 2.44 bits per heavy atom. The van der Waals surface area contributed by atoms with Gasteiger partial charge in [-0.2, -0.15) is 5.26 Å². The smallest absolute Gasteiger partial charge is 0.326 e. The van der Waals surface area contributed by atoms with Crippen molar-refractivity contribution in [2.45, 2.75) is 56.0 Å². The van der Waals surface area contributed by atoms with Crippen LogP contribution in [0.2, 0.25) is 0 Å². The van der Waals surface area contributed by atoms with Crippen molar-refractivity contribution >= 4 is 11.7 Å². The fraction of sp³-hybridized carbons (Fsp3) is 0.593. The monoisotopic (exact) mass is 460 g/mol. The molecule has 1 aromatic carbocycles. The normalized spacial score (nSPS) is 29.9. The number of rotatable bonds is 5. The molecular weight excluding hydrogens is 424 g/mol. The third kappa shape index (κ3) is 3.69. The summed E-state index contributed by atoms with van der Waals surface area (Å²) in [4.78, 5) is 26.7. The van der Waals surface area contributed by atoms with E-state index < -0.39 is 0 Å². The molecule has 1 saturated heterocycles. The summed E-state index contributed by atoms with van der Waals surface area (Å²) in [6.07, 6.45) is 9.49. The number of nitriles is 1. The van der Waals surface area contributed by atoms with Gasteiger partial charge in [-0.15, -0.1) is 0 Å². The molecule has 4 aliphatic rings. The lowest BCUT2D eigenvalue weighted by Crippen LogP contribution is -2.56. The highest BCUT2D eigenvalue weighted by Gasteiger charge is 2.55. The van der Waals surface area contributed by atoms with Crippen LogP contribution < -0.4 is 0 Å². The van der Waals surface area contributed by atoms with Gasteiger partial charge in [0.15, 0.2) is 0 Å². The van der Waals surface area contributed by atoms with Gasteiger partial charge in [0.05, 0.1) is 12.1 Å². The van der Waals surface area contributed by atoms with E-state index in [9.17, 15) is 10.1 Å². The van der Waals surface area contributed by atoms with E-state index >= 15 is 0 Å². The van der Waals surface area contributed by atoms with Gasteiger partial charge in [0.1, 0.15) is 24.3 Å². The maximum atomic E-state index is 13.9. The molecular formula is C27H36N6O. The second-order valence-corrected chi connectivity index (χ2v) is 10.8. The highest BCUT2D eigenvalue weighted by molar-refractivity contribution is 6.08. The quantitative estimate of drug-likeness (QED) is 0.666. The molecule has 1 spiro atoms. The minimum absolute atomic E-state index is 0.00729. The van der Waals surface area contributed by atoms with Gasteiger partial charge in [0.25, 0.3) is 0 Å². The average molecular weight is 461 g/mol. The van der Waals surface area contributed by atoms with Crippen molar-refractivity contribution in [3.05, 3.63) is 47.8 Å². The highest BCUT2D eigenvalue weighted by atomic mass is 16.2. The fourth-order valence-corrected chi connectivity index (χ4v) is 6.36. The Bertz CT molecular complexity index is 1030. The summed E-state index contributed by atoms with van der Waals surface area (Å²) in [5, 5.41) is 9.41. The van der Waals surface area contributed by atoms with Crippen molar-refractivity contribution < 1.29 is 4.79 Å². The van der Waals surface area contributed by atoms with E-state index in [-0.39, 0.29) is 17.1 Å². The first-order chi connectivity index (χ1) is 16.4. The molecule has 2 saturated carbocycles. The second kappa shape index (κ2) is 8.74. The number of aliphatic imine (C=N–C) groups is 1. The molecule has 0 radical (unpaired) electrons. The summed E-state index contributed by atoms with van der Waals surface area (Å²) in [6.45, 7) is 1.95. The number of allylic oxidation sites excluding steroid dienone is 1. The van der Waals surface area contributed by atoms with E-state index in [1.54, 1.807) is 6.08 Å². The molecule has 180 valence electrons. The van der Waals surface area contributed by atoms with Gasteiger partial charge in [-0.1, -0.05) is 36.8 Å². The second-order valence-electron chi connectivity index (χ2n) is 10.8. The van der Waals surface area contributed by atoms with Gasteiger partial charge in [-0.25, -0.2) is 4.79 Å². The molecule has 2 aliphatic carbocycles. The zero-order valence-corrected chi connectivity index (χ0v) is 20.7. The summed E-state index contributed by atoms with van der Waals surface area (Å²) in [5.74, 6) is 1.42. The summed E-state index contributed by atoms with van der Waals surface area (Å²) < 4.78 is 0. The van der Waals surface area contributed by atoms with Crippen LogP contribution in [-0.2, 0) is 5.54 Å². The predicted molar refractivity (Wildman–Crippen MR) is 133 cm³/mol. The van der Waals surface area contributed by atoms with E-state index in [0.29, 0.717) is 24.8 Å². The Balaban J connectivity index is 1.46. The number of hydrogen-bond donors (Lipinski definition) is 0. The standard InChI is InChI=1S/C27H36N6O/c1-30(2)27(22-10-5-4-6-11-22)14-12-26(13-15-27)19-32(24-16-23(17-28)29-20-31(24)3)25(34)33(26)18-21-8-7-9-21/h4-6,10-11,16,21H,7-9,12-15,18-20H2,1-3H3. The molecule has 0 unspecified atom stereocenters. The van der Waals surface area contributed by atoms with Crippen LogP contribution in [0.25, 0.3) is 0 Å². The Morgan fingerprint density at radius 1 is 1.15 bits per heavy atom. The van der Waals surface area contributed by atoms with Crippen LogP contribution in [-0.4, -0.2) is 77.8 Å². The highest BCUT2D eigenvalue weighted by Crippen LogP contribution is 2.50. The minimum atomic E-state index is -0.163. The molecule has 2 aliphatic heterocycles. The molecule has 0 atom stereocenters. The Kier molecular flexibility index (Phi) is 5.89. The van der Waals surface area contributed by atoms with Crippen molar-refractivity contribution in [2.75, 3.05) is 40.9 Å². The van der Waals surface area contributed by atoms with Crippen LogP contribution in [0.1, 0.15) is 50.5 Å². The lowest BCUT2D eigenvalue weighted by Gasteiger charge is -2.51. The molecule has 1 aromatic rings. The van der Waals surface area contributed by atoms with Crippen LogP contribution in [0.3, 0.4) is 0 Å². The van der Waals surface area contributed by atoms with Crippen molar-refractivity contribution in [1.82, 2.24) is 19.6 Å². The van der Waals surface area contributed by atoms with Crippen LogP contribution in [0.5, 0.6) is 0 Å². The van der Waals surface area contributed by atoms with Gasteiger partial charge in [0, 0.05) is 25.2 Å². The van der Waals surface area contributed by atoms with Crippen molar-refractivity contribution in [2.24, 2.45) is 10.9 Å². The van der Waals surface area contributed by atoms with E-state index in [2.05, 4.69) is 65.3 Å². The average Bonchev–Trinajstić information content (AvgIpc) is 3.08. The molecule has 2 heterocycles. The van der Waals surface area contributed by atoms with Crippen LogP contribution in [0.4, 0.5) is 4.79 Å². The Labute approximate surface area is 203 Å². The van der Waals surface area contributed by atoms with E-state index in [0.717, 1.165) is 38.0 Å². The third-order valence-electron chi connectivity index (χ3n) is 8.83. The summed E-state index contributed by atoms with van der Waals surface area (Å²) in [7, 11) is 6.33. The number of urea groups is 1. The van der Waals surface area contributed by atoms with Gasteiger partial charge >= 0.3 is 6.03 Å². The van der Waals surface area contributed by atoms with Gasteiger partial charge in [-0.05, 0) is 64.1 Å². The van der Waals surface area contributed by atoms with Crippen molar-refractivity contribution in [3.63, 3.8) is 0 Å². The molecule has 0 aromatic heterocycles. The van der Waals surface area contributed by atoms with Gasteiger partial charge < -0.3 is 9.80 Å². The van der Waals surface area contributed by atoms with Crippen LogP contribution >= 0.6 is 0 Å². The SMILES string of the molecule is CN1CN=C(C#N)C=C1N1CC2(CCC(c3ccccc3)(N(C)C)CC2)N(CC2CCC2)C1=O. The summed E-state index contributed by atoms with van der Waals surface area (Å²) in [6, 6.07) is 13.1. The largest absolute Gasteiger partial charge is 0.341 e. The summed E-state index contributed by atoms with van der Waals surface area (Å²) in [5.41, 5.74) is 1.59. The van der Waals surface area contributed by atoms with Crippen molar-refractivity contribution in [1.29, 1.82) is 5.26 Å². The fourth-order valence-electron chi connectivity index (χ4n) is 6.36. The first-order valence-electron chi connectivity index (χ1n) is 12.6. The molecule has 0 N–H and O–H groups in total. The first kappa shape index (κ1) is 22.9. The number of carbonyl (C=O) groups is 1. The number of benzene rings is 1. The molecule has 7 heteroatoms. The van der Waals surface area contributed by atoms with Crippen molar-refractivity contribution in [3.8, 4) is 6.07 Å². The van der Waals surface area contributed by atoms with Crippen LogP contribution in [0, 0.1) is 17.2 Å². The third-order valence-corrected chi connectivity index (χ3v) is 8.83. The van der Waals surface area contributed by atoms with E-state index in [4.69, 9.17) is 0 Å². The molecule has 0 bridgehead atoms. The summed E-state index contributed by atoms with van der Waals surface area (Å²) >= 11 is 0. The first-order valence-corrected chi connectivity index (χ1v) is 12.6. The number of amides is 2.